The van der Waals surface area contributed by atoms with E-state index in [9.17, 15) is 9.59 Å². The molecule has 1 saturated carbocycles. The quantitative estimate of drug-likeness (QED) is 0.202. The highest BCUT2D eigenvalue weighted by Gasteiger charge is 2.49. The molecule has 11 nitrogen and oxygen atoms in total. The number of ether oxygens (including phenoxy) is 1. The maximum absolute atomic E-state index is 13.0. The number of nitrogens with one attached hydrogen (secondary N) is 3. The van der Waals surface area contributed by atoms with Crippen molar-refractivity contribution in [3.05, 3.63) is 29.9 Å². The highest BCUT2D eigenvalue weighted by atomic mass is 16.5. The van der Waals surface area contributed by atoms with E-state index in [0.717, 1.165) is 49.1 Å². The maximum atomic E-state index is 13.0. The van der Waals surface area contributed by atoms with E-state index < -0.39 is 0 Å². The Morgan fingerprint density at radius 2 is 2.13 bits per heavy atom. The number of rotatable bonds is 7. The van der Waals surface area contributed by atoms with Gasteiger partial charge in [-0.3, -0.25) is 15.2 Å². The predicted octanol–water partition coefficient (Wildman–Crippen LogP) is 1.77. The molecule has 30 heavy (non-hydrogen) atoms. The second kappa shape index (κ2) is 8.27. The van der Waals surface area contributed by atoms with Crippen molar-refractivity contribution in [2.75, 3.05) is 18.2 Å². The molecule has 0 radical (unpaired) electrons. The first kappa shape index (κ1) is 20.1. The number of cyclic esters (lactones) is 1. The minimum atomic E-state index is -0.373. The van der Waals surface area contributed by atoms with Crippen LogP contribution in [0.25, 0.3) is 0 Å². The summed E-state index contributed by atoms with van der Waals surface area (Å²) in [5.41, 5.74) is 8.11. The third-order valence-electron chi connectivity index (χ3n) is 6.18. The molecule has 1 amide bonds. The summed E-state index contributed by atoms with van der Waals surface area (Å²) < 4.78 is 4.95. The molecule has 0 unspecified atom stereocenters. The summed E-state index contributed by atoms with van der Waals surface area (Å²) in [5.74, 6) is 0.0714. The predicted molar refractivity (Wildman–Crippen MR) is 107 cm³/mol. The summed E-state index contributed by atoms with van der Waals surface area (Å²) in [6.45, 7) is 1.40. The molecule has 1 aromatic heterocycles. The first-order valence-electron chi connectivity index (χ1n) is 9.95. The Balaban J connectivity index is 0.00000272. The van der Waals surface area contributed by atoms with Crippen LogP contribution in [0.1, 0.15) is 39.2 Å². The SMILES string of the molecule is N=CN(N=N)c1cnc(CNC2CCC3(CC2)CCN(C2=CC(=O)OC2)C3=O)cn1.[HH]. The molecule has 1 spiro atoms. The number of hydrogen-bond acceptors (Lipinski definition) is 9. The molecule has 3 N–H and O–H groups in total. The van der Waals surface area contributed by atoms with Gasteiger partial charge in [0.1, 0.15) is 12.9 Å². The summed E-state index contributed by atoms with van der Waals surface area (Å²) in [6.07, 6.45) is 9.68. The van der Waals surface area contributed by atoms with Gasteiger partial charge in [0.2, 0.25) is 5.91 Å². The second-order valence-electron chi connectivity index (χ2n) is 7.83. The zero-order chi connectivity index (χ0) is 21.1. The molecule has 160 valence electrons. The van der Waals surface area contributed by atoms with Crippen molar-refractivity contribution in [1.82, 2.24) is 20.2 Å². The summed E-state index contributed by atoms with van der Waals surface area (Å²) in [5, 5.41) is 14.8. The largest absolute Gasteiger partial charge is 0.456 e. The molecule has 1 saturated heterocycles. The van der Waals surface area contributed by atoms with Gasteiger partial charge in [-0.1, -0.05) is 5.22 Å². The number of aromatic nitrogens is 2. The van der Waals surface area contributed by atoms with Gasteiger partial charge in [0.15, 0.2) is 5.82 Å². The van der Waals surface area contributed by atoms with Crippen molar-refractivity contribution in [1.29, 1.82) is 10.9 Å². The smallest absolute Gasteiger partial charge is 0.333 e. The molecule has 1 aromatic rings. The Labute approximate surface area is 175 Å². The lowest BCUT2D eigenvalue weighted by molar-refractivity contribution is -0.138. The van der Waals surface area contributed by atoms with E-state index in [1.165, 1.54) is 12.3 Å². The Hall–Kier alpha value is -3.21. The van der Waals surface area contributed by atoms with Gasteiger partial charge in [-0.15, -0.1) is 0 Å². The van der Waals surface area contributed by atoms with Gasteiger partial charge in [-0.25, -0.2) is 9.78 Å². The average Bonchev–Trinajstić information content (AvgIpc) is 3.33. The molecule has 3 heterocycles. The number of amides is 1. The highest BCUT2D eigenvalue weighted by Crippen LogP contribution is 2.46. The average molecular weight is 414 g/mol. The number of hydrogen-bond donors (Lipinski definition) is 3. The van der Waals surface area contributed by atoms with E-state index in [2.05, 4.69) is 20.5 Å². The fourth-order valence-corrected chi connectivity index (χ4v) is 4.41. The van der Waals surface area contributed by atoms with E-state index in [4.69, 9.17) is 15.7 Å². The van der Waals surface area contributed by atoms with Gasteiger partial charge in [-0.2, -0.15) is 10.5 Å². The molecule has 3 aliphatic rings. The molecule has 4 rings (SSSR count). The third-order valence-corrected chi connectivity index (χ3v) is 6.18. The van der Waals surface area contributed by atoms with E-state index in [-0.39, 0.29) is 25.3 Å². The van der Waals surface area contributed by atoms with Crippen LogP contribution in [-0.4, -0.2) is 52.3 Å². The van der Waals surface area contributed by atoms with Crippen LogP contribution in [0, 0.1) is 16.4 Å². The summed E-state index contributed by atoms with van der Waals surface area (Å²) in [4.78, 5) is 34.6. The molecular formula is C19H26N8O3. The fourth-order valence-electron chi connectivity index (χ4n) is 4.41. The molecular weight excluding hydrogens is 388 g/mol. The van der Waals surface area contributed by atoms with Gasteiger partial charge in [-0.05, 0) is 32.1 Å². The Morgan fingerprint density at radius 3 is 2.73 bits per heavy atom. The van der Waals surface area contributed by atoms with Crippen LogP contribution in [0.15, 0.2) is 29.4 Å². The number of nitrogens with zero attached hydrogens (tertiary/aromatic N) is 5. The van der Waals surface area contributed by atoms with Crippen LogP contribution in [0.2, 0.25) is 0 Å². The van der Waals surface area contributed by atoms with Crippen molar-refractivity contribution < 1.29 is 15.8 Å². The third kappa shape index (κ3) is 3.80. The standard InChI is InChI=1S/C19H24N8O3.H2/c20-12-27(25-21)16-10-23-14(9-24-16)8-22-13-1-3-19(4-2-13)5-6-26(18(19)29)15-7-17(28)30-11-15;/h7,9-10,12-13,20-22H,1-6,8,11H2;1H. The number of anilines is 1. The minimum absolute atomic E-state index is 0. The lowest BCUT2D eigenvalue weighted by Crippen LogP contribution is -2.42. The van der Waals surface area contributed by atoms with Gasteiger partial charge in [0.25, 0.3) is 0 Å². The minimum Gasteiger partial charge on any atom is -0.456 e. The Morgan fingerprint density at radius 1 is 1.33 bits per heavy atom. The van der Waals surface area contributed by atoms with E-state index in [0.29, 0.717) is 30.6 Å². The molecule has 0 atom stereocenters. The Bertz CT molecular complexity index is 875. The molecule has 2 aliphatic heterocycles. The van der Waals surface area contributed by atoms with Crippen molar-refractivity contribution in [2.24, 2.45) is 10.6 Å². The van der Waals surface area contributed by atoms with Crippen LogP contribution in [0.3, 0.4) is 0 Å². The van der Waals surface area contributed by atoms with Gasteiger partial charge in [0, 0.05) is 26.6 Å². The molecule has 2 fully saturated rings. The van der Waals surface area contributed by atoms with E-state index >= 15 is 0 Å². The number of likely N-dealkylation sites (tertiary alicyclic amines) is 1. The molecule has 11 heteroatoms. The lowest BCUT2D eigenvalue weighted by atomic mass is 9.71. The molecule has 0 aromatic carbocycles. The molecule has 0 bridgehead atoms. The highest BCUT2D eigenvalue weighted by molar-refractivity contribution is 5.90. The number of carbonyl (C=O) groups excluding carboxylic acids is 2. The van der Waals surface area contributed by atoms with Crippen molar-refractivity contribution >= 4 is 24.0 Å². The zero-order valence-electron chi connectivity index (χ0n) is 16.5. The van der Waals surface area contributed by atoms with Gasteiger partial charge >= 0.3 is 5.97 Å². The summed E-state index contributed by atoms with van der Waals surface area (Å²) in [6, 6.07) is 0.302. The lowest BCUT2D eigenvalue weighted by Gasteiger charge is -2.36. The molecule has 1 aliphatic carbocycles. The summed E-state index contributed by atoms with van der Waals surface area (Å²) >= 11 is 0. The van der Waals surface area contributed by atoms with E-state index in [1.807, 2.05) is 0 Å². The Kier molecular flexibility index (Phi) is 5.53. The number of esters is 1. The van der Waals surface area contributed by atoms with Crippen LogP contribution in [0.5, 0.6) is 0 Å². The first-order valence-corrected chi connectivity index (χ1v) is 9.95. The van der Waals surface area contributed by atoms with Gasteiger partial charge < -0.3 is 15.0 Å². The second-order valence-corrected chi connectivity index (χ2v) is 7.83. The normalized spacial score (nSPS) is 25.9. The summed E-state index contributed by atoms with van der Waals surface area (Å²) in [7, 11) is 0. The van der Waals surface area contributed by atoms with Crippen LogP contribution in [0.4, 0.5) is 5.82 Å². The fraction of sp³-hybridized carbons (Fsp3) is 0.526. The monoisotopic (exact) mass is 414 g/mol. The van der Waals surface area contributed by atoms with Crippen molar-refractivity contribution in [3.63, 3.8) is 0 Å². The van der Waals surface area contributed by atoms with E-state index in [1.54, 1.807) is 11.1 Å². The van der Waals surface area contributed by atoms with Crippen LogP contribution in [-0.2, 0) is 20.9 Å². The number of carbonyl (C=O) groups is 2. The van der Waals surface area contributed by atoms with Crippen LogP contribution < -0.4 is 10.3 Å². The topological polar surface area (TPSA) is 148 Å². The first-order chi connectivity index (χ1) is 14.5. The van der Waals surface area contributed by atoms with Gasteiger partial charge in [0.05, 0.1) is 29.2 Å². The van der Waals surface area contributed by atoms with Crippen molar-refractivity contribution in [3.8, 4) is 0 Å². The van der Waals surface area contributed by atoms with Crippen molar-refractivity contribution in [2.45, 2.75) is 44.7 Å². The zero-order valence-corrected chi connectivity index (χ0v) is 16.5. The maximum Gasteiger partial charge on any atom is 0.333 e. The van der Waals surface area contributed by atoms with Crippen LogP contribution >= 0.6 is 0 Å².